The van der Waals surface area contributed by atoms with E-state index >= 15 is 0 Å². The van der Waals surface area contributed by atoms with Gasteiger partial charge in [-0.25, -0.2) is 8.78 Å². The third kappa shape index (κ3) is 1.73. The molecule has 1 aromatic rings. The average molecular weight is 255 g/mol. The molecule has 1 aliphatic heterocycles. The molecular formula is C13H15F2NO2. The zero-order chi connectivity index (χ0) is 12.8. The van der Waals surface area contributed by atoms with Crippen LogP contribution in [0.3, 0.4) is 0 Å². The van der Waals surface area contributed by atoms with Crippen molar-refractivity contribution < 1.29 is 18.3 Å². The van der Waals surface area contributed by atoms with Crippen LogP contribution < -0.4 is 15.2 Å². The van der Waals surface area contributed by atoms with E-state index in [9.17, 15) is 8.78 Å². The number of hydrogen-bond donors (Lipinski definition) is 1. The molecule has 0 aromatic heterocycles. The van der Waals surface area contributed by atoms with Crippen LogP contribution in [0.15, 0.2) is 12.1 Å². The maximum atomic E-state index is 13.1. The molecule has 3 nitrogen and oxygen atoms in total. The Morgan fingerprint density at radius 2 is 1.72 bits per heavy atom. The lowest BCUT2D eigenvalue weighted by atomic mass is 9.71. The Bertz CT molecular complexity index is 472. The zero-order valence-corrected chi connectivity index (χ0v) is 9.92. The molecule has 2 N–H and O–H groups in total. The fraction of sp³-hybridized carbons (Fsp3) is 0.538. The van der Waals surface area contributed by atoms with Crippen molar-refractivity contribution in [2.24, 2.45) is 5.73 Å². The van der Waals surface area contributed by atoms with E-state index in [1.54, 1.807) is 6.07 Å². The van der Waals surface area contributed by atoms with Gasteiger partial charge in [-0.05, 0) is 37.0 Å². The lowest BCUT2D eigenvalue weighted by Crippen LogP contribution is -2.44. The van der Waals surface area contributed by atoms with Gasteiger partial charge in [0.05, 0.1) is 0 Å². The van der Waals surface area contributed by atoms with Gasteiger partial charge in [-0.1, -0.05) is 0 Å². The summed E-state index contributed by atoms with van der Waals surface area (Å²) in [6, 6.07) is 3.01. The highest BCUT2D eigenvalue weighted by atomic mass is 19.3. The lowest BCUT2D eigenvalue weighted by molar-refractivity contribution is 0.138. The molecule has 1 aliphatic carbocycles. The first-order valence-corrected chi connectivity index (χ1v) is 6.11. The van der Waals surface area contributed by atoms with E-state index in [0.717, 1.165) is 19.3 Å². The van der Waals surface area contributed by atoms with Gasteiger partial charge < -0.3 is 15.2 Å². The third-order valence-corrected chi connectivity index (χ3v) is 3.73. The maximum Gasteiger partial charge on any atom is 0.264 e. The van der Waals surface area contributed by atoms with Crippen molar-refractivity contribution in [2.45, 2.75) is 31.2 Å². The number of halogens is 2. The first-order chi connectivity index (χ1) is 8.60. The van der Waals surface area contributed by atoms with E-state index in [1.165, 1.54) is 6.07 Å². The first-order valence-electron chi connectivity index (χ1n) is 6.11. The average Bonchev–Trinajstić information content (AvgIpc) is 2.34. The highest BCUT2D eigenvalue weighted by molar-refractivity contribution is 5.51. The quantitative estimate of drug-likeness (QED) is 0.883. The summed E-state index contributed by atoms with van der Waals surface area (Å²) in [5.41, 5.74) is 6.02. The predicted octanol–water partition coefficient (Wildman–Crippen LogP) is 2.73. The molecule has 1 saturated carbocycles. The summed E-state index contributed by atoms with van der Waals surface area (Å²) in [6.07, 6.45) is -0.0800. The molecule has 0 saturated heterocycles. The molecule has 0 atom stereocenters. The lowest BCUT2D eigenvalue weighted by Gasteiger charge is -2.40. The summed E-state index contributed by atoms with van der Waals surface area (Å²) < 4.78 is 37.0. The van der Waals surface area contributed by atoms with Crippen LogP contribution in [0.25, 0.3) is 0 Å². The van der Waals surface area contributed by atoms with E-state index < -0.39 is 12.0 Å². The molecule has 5 heteroatoms. The van der Waals surface area contributed by atoms with Crippen LogP contribution in [0.5, 0.6) is 11.5 Å². The van der Waals surface area contributed by atoms with E-state index in [0.29, 0.717) is 30.3 Å². The van der Waals surface area contributed by atoms with Gasteiger partial charge in [-0.2, -0.15) is 0 Å². The molecule has 18 heavy (non-hydrogen) atoms. The second-order valence-corrected chi connectivity index (χ2v) is 4.89. The number of benzene rings is 1. The molecule has 0 bridgehead atoms. The SMILES string of the molecule is NC1(c2cc3c(cc2C(F)F)OCCO3)CCC1. The molecule has 1 heterocycles. The minimum Gasteiger partial charge on any atom is -0.486 e. The van der Waals surface area contributed by atoms with Gasteiger partial charge in [0.15, 0.2) is 11.5 Å². The van der Waals surface area contributed by atoms with Gasteiger partial charge in [0.1, 0.15) is 13.2 Å². The topological polar surface area (TPSA) is 44.5 Å². The summed E-state index contributed by atoms with van der Waals surface area (Å²) in [5, 5.41) is 0. The van der Waals surface area contributed by atoms with Gasteiger partial charge in [0.2, 0.25) is 0 Å². The van der Waals surface area contributed by atoms with E-state index in [-0.39, 0.29) is 5.56 Å². The van der Waals surface area contributed by atoms with Gasteiger partial charge in [0.25, 0.3) is 6.43 Å². The Morgan fingerprint density at radius 3 is 2.22 bits per heavy atom. The fourth-order valence-corrected chi connectivity index (χ4v) is 2.54. The zero-order valence-electron chi connectivity index (χ0n) is 9.92. The van der Waals surface area contributed by atoms with Crippen molar-refractivity contribution in [1.29, 1.82) is 0 Å². The van der Waals surface area contributed by atoms with Crippen LogP contribution in [0.4, 0.5) is 8.78 Å². The summed E-state index contributed by atoms with van der Waals surface area (Å²) in [7, 11) is 0. The van der Waals surface area contributed by atoms with Crippen LogP contribution in [-0.2, 0) is 5.54 Å². The Labute approximate surface area is 104 Å². The predicted molar refractivity (Wildman–Crippen MR) is 62.1 cm³/mol. The normalized spacial score (nSPS) is 20.7. The molecule has 1 aromatic carbocycles. The third-order valence-electron chi connectivity index (χ3n) is 3.73. The molecule has 1 fully saturated rings. The van der Waals surface area contributed by atoms with Crippen LogP contribution in [0, 0.1) is 0 Å². The van der Waals surface area contributed by atoms with Gasteiger partial charge >= 0.3 is 0 Å². The van der Waals surface area contributed by atoms with Crippen molar-refractivity contribution >= 4 is 0 Å². The minimum atomic E-state index is -2.54. The van der Waals surface area contributed by atoms with Gasteiger partial charge in [0, 0.05) is 11.1 Å². The number of fused-ring (bicyclic) bond motifs is 1. The Hall–Kier alpha value is -1.36. The van der Waals surface area contributed by atoms with E-state index in [1.807, 2.05) is 0 Å². The van der Waals surface area contributed by atoms with Crippen molar-refractivity contribution in [2.75, 3.05) is 13.2 Å². The molecule has 0 spiro atoms. The van der Waals surface area contributed by atoms with Crippen molar-refractivity contribution in [3.8, 4) is 11.5 Å². The molecular weight excluding hydrogens is 240 g/mol. The number of ether oxygens (including phenoxy) is 2. The van der Waals surface area contributed by atoms with Crippen LogP contribution in [-0.4, -0.2) is 13.2 Å². The second-order valence-electron chi connectivity index (χ2n) is 4.89. The summed E-state index contributed by atoms with van der Waals surface area (Å²) in [4.78, 5) is 0. The van der Waals surface area contributed by atoms with Crippen molar-refractivity contribution in [3.05, 3.63) is 23.3 Å². The number of hydrogen-bond acceptors (Lipinski definition) is 3. The van der Waals surface area contributed by atoms with Gasteiger partial charge in [-0.15, -0.1) is 0 Å². The van der Waals surface area contributed by atoms with Crippen LogP contribution >= 0.6 is 0 Å². The fourth-order valence-electron chi connectivity index (χ4n) is 2.54. The van der Waals surface area contributed by atoms with Crippen LogP contribution in [0.2, 0.25) is 0 Å². The Kier molecular flexibility index (Phi) is 2.66. The highest BCUT2D eigenvalue weighted by Crippen LogP contribution is 2.46. The Balaban J connectivity index is 2.10. The highest BCUT2D eigenvalue weighted by Gasteiger charge is 2.38. The Morgan fingerprint density at radius 1 is 1.11 bits per heavy atom. The molecule has 98 valence electrons. The van der Waals surface area contributed by atoms with E-state index in [4.69, 9.17) is 15.2 Å². The monoisotopic (exact) mass is 255 g/mol. The molecule has 3 rings (SSSR count). The van der Waals surface area contributed by atoms with Crippen molar-refractivity contribution in [1.82, 2.24) is 0 Å². The number of rotatable bonds is 2. The number of nitrogens with two attached hydrogens (primary N) is 1. The molecule has 0 radical (unpaired) electrons. The standard InChI is InChI=1S/C13H15F2NO2/c14-12(15)8-6-10-11(18-5-4-17-10)7-9(8)13(16)2-1-3-13/h6-7,12H,1-5,16H2. The van der Waals surface area contributed by atoms with E-state index in [2.05, 4.69) is 0 Å². The molecule has 2 aliphatic rings. The maximum absolute atomic E-state index is 13.1. The number of alkyl halides is 2. The summed E-state index contributed by atoms with van der Waals surface area (Å²) in [5.74, 6) is 0.917. The van der Waals surface area contributed by atoms with Gasteiger partial charge in [-0.3, -0.25) is 0 Å². The largest absolute Gasteiger partial charge is 0.486 e. The van der Waals surface area contributed by atoms with Crippen molar-refractivity contribution in [3.63, 3.8) is 0 Å². The van der Waals surface area contributed by atoms with Crippen LogP contribution in [0.1, 0.15) is 36.8 Å². The summed E-state index contributed by atoms with van der Waals surface area (Å²) in [6.45, 7) is 0.834. The molecule has 0 amide bonds. The summed E-state index contributed by atoms with van der Waals surface area (Å²) >= 11 is 0. The minimum absolute atomic E-state index is 0.0264. The molecule has 0 unspecified atom stereocenters. The second kappa shape index (κ2) is 4.09. The smallest absolute Gasteiger partial charge is 0.264 e. The first kappa shape index (κ1) is 11.7.